The van der Waals surface area contributed by atoms with Gasteiger partial charge in [-0.1, -0.05) is 0 Å². The van der Waals surface area contributed by atoms with Gasteiger partial charge in [0.15, 0.2) is 0 Å². The Morgan fingerprint density at radius 3 is 2.46 bits per heavy atom. The van der Waals surface area contributed by atoms with E-state index in [1.807, 2.05) is 0 Å². The van der Waals surface area contributed by atoms with Crippen molar-refractivity contribution >= 4 is 5.91 Å². The molecule has 1 amide bonds. The van der Waals surface area contributed by atoms with Crippen LogP contribution in [0.4, 0.5) is 0 Å². The predicted molar refractivity (Wildman–Crippen MR) is 48.1 cm³/mol. The number of hydrogen-bond acceptors (Lipinski definition) is 3. The summed E-state index contributed by atoms with van der Waals surface area (Å²) in [5, 5.41) is 17.9. The Bertz CT molecular complexity index is 174. The van der Waals surface area contributed by atoms with Gasteiger partial charge in [-0.15, -0.1) is 0 Å². The lowest BCUT2D eigenvalue weighted by atomic mass is 9.97. The van der Waals surface area contributed by atoms with Crippen LogP contribution in [-0.4, -0.2) is 46.8 Å². The Morgan fingerprint density at radius 1 is 1.54 bits per heavy atom. The number of piperidine rings is 1. The number of rotatable bonds is 2. The van der Waals surface area contributed by atoms with E-state index in [-0.39, 0.29) is 12.5 Å². The number of carbonyl (C=O) groups is 1. The third kappa shape index (κ3) is 2.67. The zero-order valence-electron chi connectivity index (χ0n) is 7.94. The minimum absolute atomic E-state index is 0.198. The highest BCUT2D eigenvalue weighted by Gasteiger charge is 2.24. The Balaban J connectivity index is 2.36. The lowest BCUT2D eigenvalue weighted by Crippen LogP contribution is -2.43. The average Bonchev–Trinajstić information content (AvgIpc) is 2.17. The van der Waals surface area contributed by atoms with E-state index in [2.05, 4.69) is 0 Å². The van der Waals surface area contributed by atoms with Gasteiger partial charge in [-0.25, -0.2) is 0 Å². The van der Waals surface area contributed by atoms with Crippen molar-refractivity contribution in [3.05, 3.63) is 0 Å². The molecule has 0 aromatic carbocycles. The van der Waals surface area contributed by atoms with Crippen molar-refractivity contribution in [1.82, 2.24) is 4.90 Å². The number of aliphatic hydroxyl groups is 2. The van der Waals surface area contributed by atoms with Crippen LogP contribution < -0.4 is 0 Å². The average molecular weight is 187 g/mol. The Hall–Kier alpha value is -0.610. The van der Waals surface area contributed by atoms with Gasteiger partial charge in [0.1, 0.15) is 6.10 Å². The van der Waals surface area contributed by atoms with E-state index < -0.39 is 6.10 Å². The van der Waals surface area contributed by atoms with Gasteiger partial charge < -0.3 is 15.1 Å². The van der Waals surface area contributed by atoms with E-state index in [1.165, 1.54) is 6.92 Å². The van der Waals surface area contributed by atoms with Crippen molar-refractivity contribution < 1.29 is 15.0 Å². The molecule has 1 heterocycles. The van der Waals surface area contributed by atoms with Crippen molar-refractivity contribution in [3.8, 4) is 0 Å². The summed E-state index contributed by atoms with van der Waals surface area (Å²) in [6, 6.07) is 0. The summed E-state index contributed by atoms with van der Waals surface area (Å²) in [6.45, 7) is 3.01. The summed E-state index contributed by atoms with van der Waals surface area (Å²) in [5.41, 5.74) is 0. The van der Waals surface area contributed by atoms with E-state index in [0.717, 1.165) is 12.8 Å². The molecule has 13 heavy (non-hydrogen) atoms. The Morgan fingerprint density at radius 2 is 2.08 bits per heavy atom. The first-order valence-corrected chi connectivity index (χ1v) is 4.73. The predicted octanol–water partition coefficient (Wildman–Crippen LogP) is -0.402. The van der Waals surface area contributed by atoms with Crippen molar-refractivity contribution in [3.63, 3.8) is 0 Å². The van der Waals surface area contributed by atoms with Crippen LogP contribution >= 0.6 is 0 Å². The van der Waals surface area contributed by atoms with E-state index in [9.17, 15) is 4.79 Å². The quantitative estimate of drug-likeness (QED) is 0.618. The third-order valence-electron chi connectivity index (χ3n) is 2.54. The topological polar surface area (TPSA) is 60.8 Å². The van der Waals surface area contributed by atoms with Crippen LogP contribution in [-0.2, 0) is 4.79 Å². The van der Waals surface area contributed by atoms with Crippen LogP contribution in [0.5, 0.6) is 0 Å². The molecule has 0 aromatic rings. The highest BCUT2D eigenvalue weighted by atomic mass is 16.3. The molecule has 76 valence electrons. The van der Waals surface area contributed by atoms with Crippen LogP contribution in [0.15, 0.2) is 0 Å². The van der Waals surface area contributed by atoms with Gasteiger partial charge in [0, 0.05) is 19.7 Å². The van der Waals surface area contributed by atoms with Crippen molar-refractivity contribution in [2.24, 2.45) is 5.92 Å². The summed E-state index contributed by atoms with van der Waals surface area (Å²) in [6.07, 6.45) is 0.787. The molecule has 0 aliphatic carbocycles. The minimum atomic E-state index is -0.898. The molecule has 1 atom stereocenters. The second-order valence-corrected chi connectivity index (χ2v) is 3.63. The zero-order chi connectivity index (χ0) is 9.84. The molecule has 1 aliphatic rings. The Labute approximate surface area is 78.2 Å². The van der Waals surface area contributed by atoms with E-state index in [1.54, 1.807) is 4.90 Å². The molecule has 0 radical (unpaired) electrons. The molecule has 1 fully saturated rings. The largest absolute Gasteiger partial charge is 0.396 e. The maximum absolute atomic E-state index is 11.3. The number of hydrogen-bond donors (Lipinski definition) is 2. The second kappa shape index (κ2) is 4.58. The molecule has 4 heteroatoms. The number of nitrogens with zero attached hydrogens (tertiary/aromatic N) is 1. The minimum Gasteiger partial charge on any atom is -0.396 e. The molecule has 1 saturated heterocycles. The maximum Gasteiger partial charge on any atom is 0.251 e. The number of carbonyl (C=O) groups excluding carboxylic acids is 1. The lowest BCUT2D eigenvalue weighted by Gasteiger charge is -2.31. The normalized spacial score (nSPS) is 21.6. The number of likely N-dealkylation sites (tertiary alicyclic amines) is 1. The van der Waals surface area contributed by atoms with Crippen molar-refractivity contribution in [1.29, 1.82) is 0 Å². The van der Waals surface area contributed by atoms with Crippen molar-refractivity contribution in [2.45, 2.75) is 25.9 Å². The zero-order valence-corrected chi connectivity index (χ0v) is 7.94. The van der Waals surface area contributed by atoms with Crippen LogP contribution in [0.25, 0.3) is 0 Å². The van der Waals surface area contributed by atoms with Gasteiger partial charge >= 0.3 is 0 Å². The maximum atomic E-state index is 11.3. The summed E-state index contributed by atoms with van der Waals surface area (Å²) in [7, 11) is 0. The van der Waals surface area contributed by atoms with E-state index >= 15 is 0 Å². The molecule has 1 rings (SSSR count). The van der Waals surface area contributed by atoms with Gasteiger partial charge in [-0.3, -0.25) is 4.79 Å². The van der Waals surface area contributed by atoms with Gasteiger partial charge in [0.05, 0.1) is 0 Å². The molecule has 2 N–H and O–H groups in total. The Kier molecular flexibility index (Phi) is 3.69. The van der Waals surface area contributed by atoms with E-state index in [4.69, 9.17) is 10.2 Å². The molecule has 0 spiro atoms. The fourth-order valence-electron chi connectivity index (χ4n) is 1.60. The van der Waals surface area contributed by atoms with Crippen molar-refractivity contribution in [2.75, 3.05) is 19.7 Å². The number of aliphatic hydroxyl groups excluding tert-OH is 2. The van der Waals surface area contributed by atoms with E-state index in [0.29, 0.717) is 19.0 Å². The lowest BCUT2D eigenvalue weighted by molar-refractivity contribution is -0.140. The first-order chi connectivity index (χ1) is 6.15. The fraction of sp³-hybridized carbons (Fsp3) is 0.889. The molecule has 1 aliphatic heterocycles. The smallest absolute Gasteiger partial charge is 0.251 e. The number of amides is 1. The molecular formula is C9H17NO3. The molecule has 4 nitrogen and oxygen atoms in total. The summed E-state index contributed by atoms with van der Waals surface area (Å²) in [5.74, 6) is 0.134. The highest BCUT2D eigenvalue weighted by molar-refractivity contribution is 5.80. The van der Waals surface area contributed by atoms with Crippen LogP contribution in [0.1, 0.15) is 19.8 Å². The summed E-state index contributed by atoms with van der Waals surface area (Å²) >= 11 is 0. The van der Waals surface area contributed by atoms with Gasteiger partial charge in [0.25, 0.3) is 5.91 Å². The van der Waals surface area contributed by atoms with Gasteiger partial charge in [-0.2, -0.15) is 0 Å². The summed E-state index contributed by atoms with van der Waals surface area (Å²) < 4.78 is 0. The third-order valence-corrected chi connectivity index (χ3v) is 2.54. The van der Waals surface area contributed by atoms with Crippen LogP contribution in [0.3, 0.4) is 0 Å². The standard InChI is InChI=1S/C9H17NO3/c1-7(12)9(13)10-4-2-8(6-11)3-5-10/h7-8,11-12H,2-6H2,1H3/t7-/m0/s1. The SMILES string of the molecule is C[C@H](O)C(=O)N1CCC(CO)CC1. The summed E-state index contributed by atoms with van der Waals surface area (Å²) in [4.78, 5) is 13.0. The second-order valence-electron chi connectivity index (χ2n) is 3.63. The van der Waals surface area contributed by atoms with Gasteiger partial charge in [0.2, 0.25) is 0 Å². The monoisotopic (exact) mass is 187 g/mol. The molecule has 0 saturated carbocycles. The first kappa shape index (κ1) is 10.5. The van der Waals surface area contributed by atoms with Gasteiger partial charge in [-0.05, 0) is 25.7 Å². The molecule has 0 aromatic heterocycles. The molecular weight excluding hydrogens is 170 g/mol. The molecule has 0 bridgehead atoms. The fourth-order valence-corrected chi connectivity index (χ4v) is 1.60. The van der Waals surface area contributed by atoms with Crippen LogP contribution in [0.2, 0.25) is 0 Å². The highest BCUT2D eigenvalue weighted by Crippen LogP contribution is 2.16. The van der Waals surface area contributed by atoms with Crippen LogP contribution in [0, 0.1) is 5.92 Å². The molecule has 0 unspecified atom stereocenters. The first-order valence-electron chi connectivity index (χ1n) is 4.73.